The van der Waals surface area contributed by atoms with Crippen LogP contribution in [0, 0.1) is 5.41 Å². The topological polar surface area (TPSA) is 62.7 Å². The molecule has 0 aliphatic carbocycles. The van der Waals surface area contributed by atoms with E-state index in [1.54, 1.807) is 19.9 Å². The molecule has 4 heteroatoms. The number of ether oxygens (including phenoxy) is 1. The van der Waals surface area contributed by atoms with E-state index in [1.165, 1.54) is 0 Å². The molecule has 4 nitrogen and oxygen atoms in total. The van der Waals surface area contributed by atoms with Crippen molar-refractivity contribution >= 4 is 11.5 Å². The van der Waals surface area contributed by atoms with Crippen molar-refractivity contribution in [3.63, 3.8) is 0 Å². The first kappa shape index (κ1) is 8.35. The molecule has 1 fully saturated rings. The highest BCUT2D eigenvalue weighted by molar-refractivity contribution is 6.42. The quantitative estimate of drug-likeness (QED) is 0.309. The van der Waals surface area contributed by atoms with Crippen LogP contribution in [0.25, 0.3) is 5.53 Å². The first-order chi connectivity index (χ1) is 6.07. The molecule has 0 amide bonds. The van der Waals surface area contributed by atoms with E-state index in [0.717, 1.165) is 0 Å². The van der Waals surface area contributed by atoms with Crippen LogP contribution in [0.4, 0.5) is 0 Å². The molecule has 0 aromatic rings. The first-order valence-electron chi connectivity index (χ1n) is 4.18. The van der Waals surface area contributed by atoms with Gasteiger partial charge in [0.2, 0.25) is 0 Å². The van der Waals surface area contributed by atoms with Crippen molar-refractivity contribution in [2.45, 2.75) is 26.1 Å². The van der Waals surface area contributed by atoms with Gasteiger partial charge in [-0.05, 0) is 19.9 Å². The Morgan fingerprint density at radius 3 is 2.85 bits per heavy atom. The number of nitrogens with zero attached hydrogens (tertiary/aromatic N) is 2. The Labute approximate surface area is 75.8 Å². The van der Waals surface area contributed by atoms with Gasteiger partial charge in [-0.25, -0.2) is 0 Å². The second-order valence-corrected chi connectivity index (χ2v) is 3.90. The predicted molar refractivity (Wildman–Crippen MR) is 45.2 cm³/mol. The van der Waals surface area contributed by atoms with Crippen LogP contribution in [-0.2, 0) is 9.53 Å². The van der Waals surface area contributed by atoms with Gasteiger partial charge in [-0.1, -0.05) is 6.08 Å². The Balaban J connectivity index is 2.53. The minimum absolute atomic E-state index is 0.106. The molecule has 0 saturated carbocycles. The summed E-state index contributed by atoms with van der Waals surface area (Å²) in [4.78, 5) is 14.7. The summed E-state index contributed by atoms with van der Waals surface area (Å²) in [6.07, 6.45) is 2.97. The standard InChI is InChI=1S/C9H10N2O2/c1-9(2)6-4-3-5(13-6)7(11-10)8(9)12/h3-6H,1-2H3. The third kappa shape index (κ3) is 0.930. The fourth-order valence-electron chi connectivity index (χ4n) is 1.71. The van der Waals surface area contributed by atoms with Gasteiger partial charge in [0.1, 0.15) is 0 Å². The summed E-state index contributed by atoms with van der Waals surface area (Å²) in [6, 6.07) is 0. The zero-order valence-corrected chi connectivity index (χ0v) is 7.52. The highest BCUT2D eigenvalue weighted by Crippen LogP contribution is 2.36. The van der Waals surface area contributed by atoms with Crippen LogP contribution >= 0.6 is 0 Å². The van der Waals surface area contributed by atoms with Crippen LogP contribution in [0.1, 0.15) is 13.8 Å². The van der Waals surface area contributed by atoms with Gasteiger partial charge in [-0.2, -0.15) is 4.79 Å². The average Bonchev–Trinajstić information content (AvgIpc) is 2.51. The lowest BCUT2D eigenvalue weighted by Gasteiger charge is -2.31. The molecule has 2 heterocycles. The van der Waals surface area contributed by atoms with Gasteiger partial charge < -0.3 is 10.3 Å². The number of rotatable bonds is 0. The van der Waals surface area contributed by atoms with Crippen LogP contribution in [0.5, 0.6) is 0 Å². The lowest BCUT2D eigenvalue weighted by Crippen LogP contribution is -2.50. The summed E-state index contributed by atoms with van der Waals surface area (Å²) in [6.45, 7) is 3.58. The van der Waals surface area contributed by atoms with Crippen LogP contribution in [0.15, 0.2) is 12.2 Å². The molecule has 2 atom stereocenters. The van der Waals surface area contributed by atoms with Crippen molar-refractivity contribution in [2.24, 2.45) is 5.41 Å². The monoisotopic (exact) mass is 178 g/mol. The fraction of sp³-hybridized carbons (Fsp3) is 0.556. The smallest absolute Gasteiger partial charge is 0.361 e. The van der Waals surface area contributed by atoms with Crippen molar-refractivity contribution < 1.29 is 14.3 Å². The normalized spacial score (nSPS) is 34.9. The van der Waals surface area contributed by atoms with Gasteiger partial charge >= 0.3 is 5.71 Å². The summed E-state index contributed by atoms with van der Waals surface area (Å²) in [5.41, 5.74) is 8.15. The number of ketones is 1. The SMILES string of the molecule is CC1(C)C(=O)C(=[N+]=[N-])C2C=CC1O2. The average molecular weight is 178 g/mol. The molecule has 0 aromatic heterocycles. The minimum atomic E-state index is -0.620. The van der Waals surface area contributed by atoms with Crippen LogP contribution in [0.2, 0.25) is 0 Å². The zero-order chi connectivity index (χ0) is 9.64. The fourth-order valence-corrected chi connectivity index (χ4v) is 1.71. The summed E-state index contributed by atoms with van der Waals surface area (Å²) < 4.78 is 5.46. The molecule has 2 bridgehead atoms. The van der Waals surface area contributed by atoms with Crippen LogP contribution in [-0.4, -0.2) is 28.5 Å². The zero-order valence-electron chi connectivity index (χ0n) is 7.52. The van der Waals surface area contributed by atoms with Crippen LogP contribution in [0.3, 0.4) is 0 Å². The van der Waals surface area contributed by atoms with Crippen molar-refractivity contribution in [3.05, 3.63) is 17.7 Å². The Hall–Kier alpha value is -1.25. The molecule has 2 rings (SSSR count). The number of fused-ring (bicyclic) bond motifs is 2. The number of carbonyl (C=O) groups is 1. The molecular formula is C9H10N2O2. The summed E-state index contributed by atoms with van der Waals surface area (Å²) >= 11 is 0. The molecule has 2 aliphatic heterocycles. The Morgan fingerprint density at radius 1 is 1.54 bits per heavy atom. The molecule has 2 aliphatic rings. The van der Waals surface area contributed by atoms with E-state index in [0.29, 0.717) is 0 Å². The molecule has 1 saturated heterocycles. The van der Waals surface area contributed by atoms with E-state index in [1.807, 2.05) is 6.08 Å². The van der Waals surface area contributed by atoms with Gasteiger partial charge in [-0.3, -0.25) is 4.79 Å². The summed E-state index contributed by atoms with van der Waals surface area (Å²) in [5.74, 6) is -0.138. The molecule has 0 spiro atoms. The summed E-state index contributed by atoms with van der Waals surface area (Å²) in [7, 11) is 0. The highest BCUT2D eigenvalue weighted by atomic mass is 16.5. The van der Waals surface area contributed by atoms with Crippen molar-refractivity contribution in [1.82, 2.24) is 0 Å². The Kier molecular flexibility index (Phi) is 1.53. The minimum Gasteiger partial charge on any atom is -0.361 e. The number of Topliss-reactive ketones (excluding diaryl/α,β-unsaturated/α-hetero) is 1. The number of hydrogen-bond acceptors (Lipinski definition) is 2. The third-order valence-corrected chi connectivity index (χ3v) is 2.66. The van der Waals surface area contributed by atoms with Crippen molar-refractivity contribution in [2.75, 3.05) is 0 Å². The lowest BCUT2D eigenvalue weighted by molar-refractivity contribution is -0.139. The van der Waals surface area contributed by atoms with Crippen LogP contribution < -0.4 is 0 Å². The molecular weight excluding hydrogens is 168 g/mol. The number of hydrogen-bond donors (Lipinski definition) is 0. The van der Waals surface area contributed by atoms with Crippen molar-refractivity contribution in [3.8, 4) is 0 Å². The van der Waals surface area contributed by atoms with Gasteiger partial charge in [0, 0.05) is 0 Å². The molecule has 0 radical (unpaired) electrons. The third-order valence-electron chi connectivity index (χ3n) is 2.66. The predicted octanol–water partition coefficient (Wildman–Crippen LogP) is 0.590. The lowest BCUT2D eigenvalue weighted by atomic mass is 9.79. The number of carbonyl (C=O) groups excluding carboxylic acids is 1. The van der Waals surface area contributed by atoms with Gasteiger partial charge in [-0.15, -0.1) is 0 Å². The van der Waals surface area contributed by atoms with E-state index in [4.69, 9.17) is 10.3 Å². The van der Waals surface area contributed by atoms with Crippen molar-refractivity contribution in [1.29, 1.82) is 0 Å². The van der Waals surface area contributed by atoms with E-state index in [2.05, 4.69) is 4.79 Å². The highest BCUT2D eigenvalue weighted by Gasteiger charge is 2.53. The van der Waals surface area contributed by atoms with Gasteiger partial charge in [0.25, 0.3) is 5.78 Å². The van der Waals surface area contributed by atoms with E-state index >= 15 is 0 Å². The Bertz CT molecular complexity index is 351. The largest absolute Gasteiger partial charge is 0.367 e. The molecule has 0 N–H and O–H groups in total. The van der Waals surface area contributed by atoms with Gasteiger partial charge in [0.15, 0.2) is 6.10 Å². The molecule has 0 aromatic carbocycles. The van der Waals surface area contributed by atoms with E-state index in [-0.39, 0.29) is 17.6 Å². The first-order valence-corrected chi connectivity index (χ1v) is 4.18. The molecule has 2 unspecified atom stereocenters. The molecule has 13 heavy (non-hydrogen) atoms. The van der Waals surface area contributed by atoms with E-state index in [9.17, 15) is 4.79 Å². The maximum atomic E-state index is 11.7. The second-order valence-electron chi connectivity index (χ2n) is 3.90. The second kappa shape index (κ2) is 2.37. The maximum Gasteiger partial charge on any atom is 0.367 e. The van der Waals surface area contributed by atoms with Gasteiger partial charge in [0.05, 0.1) is 11.5 Å². The Morgan fingerprint density at radius 2 is 2.23 bits per heavy atom. The molecule has 68 valence electrons. The maximum absolute atomic E-state index is 11.7. The summed E-state index contributed by atoms with van der Waals surface area (Å²) in [5, 5.41) is 0. The van der Waals surface area contributed by atoms with E-state index < -0.39 is 11.5 Å².